The second-order valence-electron chi connectivity index (χ2n) is 9.00. The molecule has 3 fully saturated rings. The van der Waals surface area contributed by atoms with Crippen LogP contribution in [0.5, 0.6) is 5.88 Å². The van der Waals surface area contributed by atoms with Crippen molar-refractivity contribution < 1.29 is 27.8 Å². The van der Waals surface area contributed by atoms with Crippen LogP contribution in [0, 0.1) is 11.3 Å². The maximum absolute atomic E-state index is 12.6. The van der Waals surface area contributed by atoms with Gasteiger partial charge >= 0.3 is 6.18 Å². The molecule has 0 atom stereocenters. The Kier molecular flexibility index (Phi) is 4.60. The number of hydrogen-bond donors (Lipinski definition) is 1. The molecule has 2 heterocycles. The van der Waals surface area contributed by atoms with E-state index in [1.54, 1.807) is 6.92 Å². The third-order valence-electron chi connectivity index (χ3n) is 6.43. The molecule has 1 saturated heterocycles. The SMILES string of the molecule is CC1(O)CC(C(=O)N2CC3(CCC(Oc4ccc(C(F)(F)F)cn4)CC3)C2)C1. The monoisotopic (exact) mass is 398 g/mol. The number of carbonyl (C=O) groups excluding carboxylic acids is 1. The lowest BCUT2D eigenvalue weighted by Crippen LogP contribution is -2.63. The molecule has 2 saturated carbocycles. The molecule has 5 nitrogen and oxygen atoms in total. The van der Waals surface area contributed by atoms with E-state index in [-0.39, 0.29) is 29.2 Å². The van der Waals surface area contributed by atoms with Crippen LogP contribution in [0.15, 0.2) is 18.3 Å². The third-order valence-corrected chi connectivity index (χ3v) is 6.43. The summed E-state index contributed by atoms with van der Waals surface area (Å²) in [4.78, 5) is 18.1. The molecule has 8 heteroatoms. The number of likely N-dealkylation sites (tertiary alicyclic amines) is 1. The maximum atomic E-state index is 12.6. The average Bonchev–Trinajstić information content (AvgIpc) is 2.57. The molecule has 0 radical (unpaired) electrons. The molecule has 1 spiro atoms. The fourth-order valence-corrected chi connectivity index (χ4v) is 4.78. The van der Waals surface area contributed by atoms with Crippen molar-refractivity contribution in [3.63, 3.8) is 0 Å². The second-order valence-corrected chi connectivity index (χ2v) is 9.00. The zero-order chi connectivity index (χ0) is 20.2. The van der Waals surface area contributed by atoms with Crippen molar-refractivity contribution in [3.8, 4) is 5.88 Å². The number of halogens is 3. The number of amides is 1. The number of nitrogens with zero attached hydrogens (tertiary/aromatic N) is 2. The Morgan fingerprint density at radius 2 is 1.89 bits per heavy atom. The van der Waals surface area contributed by atoms with Crippen LogP contribution in [0.3, 0.4) is 0 Å². The van der Waals surface area contributed by atoms with Gasteiger partial charge in [0.25, 0.3) is 0 Å². The zero-order valence-electron chi connectivity index (χ0n) is 15.8. The molecule has 1 N–H and O–H groups in total. The molecule has 0 unspecified atom stereocenters. The molecule has 1 aliphatic heterocycles. The van der Waals surface area contributed by atoms with Gasteiger partial charge in [0, 0.05) is 36.7 Å². The lowest BCUT2D eigenvalue weighted by molar-refractivity contribution is -0.164. The first-order valence-electron chi connectivity index (χ1n) is 9.76. The fraction of sp³-hybridized carbons (Fsp3) is 0.700. The smallest absolute Gasteiger partial charge is 0.417 e. The van der Waals surface area contributed by atoms with E-state index in [1.165, 1.54) is 6.07 Å². The summed E-state index contributed by atoms with van der Waals surface area (Å²) in [6, 6.07) is 2.25. The van der Waals surface area contributed by atoms with Gasteiger partial charge in [0.1, 0.15) is 6.10 Å². The van der Waals surface area contributed by atoms with Crippen molar-refractivity contribution in [2.24, 2.45) is 11.3 Å². The molecule has 0 bridgehead atoms. The van der Waals surface area contributed by atoms with Crippen molar-refractivity contribution in [3.05, 3.63) is 23.9 Å². The van der Waals surface area contributed by atoms with E-state index in [2.05, 4.69) is 4.98 Å². The predicted octanol–water partition coefficient (Wildman–Crippen LogP) is 3.41. The molecule has 1 amide bonds. The lowest BCUT2D eigenvalue weighted by atomic mass is 9.66. The van der Waals surface area contributed by atoms with E-state index >= 15 is 0 Å². The van der Waals surface area contributed by atoms with Crippen LogP contribution in [0.25, 0.3) is 0 Å². The number of carbonyl (C=O) groups is 1. The van der Waals surface area contributed by atoms with Gasteiger partial charge in [-0.1, -0.05) is 0 Å². The van der Waals surface area contributed by atoms with Gasteiger partial charge in [-0.3, -0.25) is 4.79 Å². The van der Waals surface area contributed by atoms with Crippen LogP contribution in [-0.4, -0.2) is 45.7 Å². The number of rotatable bonds is 3. The summed E-state index contributed by atoms with van der Waals surface area (Å²) in [6.45, 7) is 3.28. The summed E-state index contributed by atoms with van der Waals surface area (Å²) < 4.78 is 43.5. The number of aliphatic hydroxyl groups is 1. The summed E-state index contributed by atoms with van der Waals surface area (Å²) in [7, 11) is 0. The summed E-state index contributed by atoms with van der Waals surface area (Å²) in [6.07, 6.45) is 0.928. The lowest BCUT2D eigenvalue weighted by Gasteiger charge is -2.55. The van der Waals surface area contributed by atoms with E-state index in [1.807, 2.05) is 4.90 Å². The number of pyridine rings is 1. The van der Waals surface area contributed by atoms with Gasteiger partial charge in [0.2, 0.25) is 11.8 Å². The maximum Gasteiger partial charge on any atom is 0.417 e. The predicted molar refractivity (Wildman–Crippen MR) is 94.5 cm³/mol. The Morgan fingerprint density at radius 1 is 1.25 bits per heavy atom. The Bertz CT molecular complexity index is 724. The number of ether oxygens (including phenoxy) is 1. The van der Waals surface area contributed by atoms with E-state index in [9.17, 15) is 23.1 Å². The van der Waals surface area contributed by atoms with Crippen LogP contribution >= 0.6 is 0 Å². The number of hydrogen-bond acceptors (Lipinski definition) is 4. The average molecular weight is 398 g/mol. The largest absolute Gasteiger partial charge is 0.474 e. The highest BCUT2D eigenvalue weighted by Crippen LogP contribution is 2.47. The molecule has 4 rings (SSSR count). The summed E-state index contributed by atoms with van der Waals surface area (Å²) in [5, 5.41) is 9.81. The summed E-state index contributed by atoms with van der Waals surface area (Å²) in [5.41, 5.74) is -1.32. The molecule has 1 aromatic heterocycles. The summed E-state index contributed by atoms with van der Waals surface area (Å²) >= 11 is 0. The first-order valence-corrected chi connectivity index (χ1v) is 9.76. The first kappa shape index (κ1) is 19.5. The molecule has 1 aromatic rings. The van der Waals surface area contributed by atoms with Crippen LogP contribution < -0.4 is 4.74 Å². The van der Waals surface area contributed by atoms with Crippen molar-refractivity contribution >= 4 is 5.91 Å². The Hall–Kier alpha value is -1.83. The standard InChI is InChI=1S/C20H25F3N2O3/c1-18(27)8-13(9-18)17(26)25-11-19(12-25)6-4-15(5-7-19)28-16-3-2-14(10-24-16)20(21,22)23/h2-3,10,13,15,27H,4-9,11-12H2,1H3. The van der Waals surface area contributed by atoms with Crippen LogP contribution in [0.1, 0.15) is 51.0 Å². The van der Waals surface area contributed by atoms with Gasteiger partial charge in [-0.2, -0.15) is 13.2 Å². The van der Waals surface area contributed by atoms with Crippen LogP contribution in [-0.2, 0) is 11.0 Å². The second kappa shape index (κ2) is 6.61. The minimum atomic E-state index is -4.40. The molecule has 154 valence electrons. The van der Waals surface area contributed by atoms with Gasteiger partial charge in [0.15, 0.2) is 0 Å². The summed E-state index contributed by atoms with van der Waals surface area (Å²) in [5.74, 6) is 0.332. The normalized spacial score (nSPS) is 29.9. The van der Waals surface area contributed by atoms with Crippen molar-refractivity contribution in [1.82, 2.24) is 9.88 Å². The van der Waals surface area contributed by atoms with Gasteiger partial charge in [-0.15, -0.1) is 0 Å². The number of aromatic nitrogens is 1. The Labute approximate surface area is 161 Å². The molecular weight excluding hydrogens is 373 g/mol. The molecule has 3 aliphatic rings. The van der Waals surface area contributed by atoms with Gasteiger partial charge < -0.3 is 14.7 Å². The van der Waals surface area contributed by atoms with Crippen LogP contribution in [0.2, 0.25) is 0 Å². The molecule has 2 aliphatic carbocycles. The Balaban J connectivity index is 1.23. The highest BCUT2D eigenvalue weighted by atomic mass is 19.4. The fourth-order valence-electron chi connectivity index (χ4n) is 4.78. The van der Waals surface area contributed by atoms with Gasteiger partial charge in [-0.25, -0.2) is 4.98 Å². The molecule has 28 heavy (non-hydrogen) atoms. The van der Waals surface area contributed by atoms with E-state index < -0.39 is 17.3 Å². The highest BCUT2D eigenvalue weighted by Gasteiger charge is 2.51. The van der Waals surface area contributed by atoms with E-state index in [0.29, 0.717) is 12.8 Å². The van der Waals surface area contributed by atoms with Crippen molar-refractivity contribution in [2.75, 3.05) is 13.1 Å². The van der Waals surface area contributed by atoms with Crippen LogP contribution in [0.4, 0.5) is 13.2 Å². The zero-order valence-corrected chi connectivity index (χ0v) is 15.8. The van der Waals surface area contributed by atoms with E-state index in [0.717, 1.165) is 51.0 Å². The third kappa shape index (κ3) is 3.83. The minimum Gasteiger partial charge on any atom is -0.474 e. The van der Waals surface area contributed by atoms with Crippen molar-refractivity contribution in [2.45, 2.75) is 63.3 Å². The molecule has 0 aromatic carbocycles. The number of alkyl halides is 3. The van der Waals surface area contributed by atoms with Gasteiger partial charge in [0.05, 0.1) is 11.2 Å². The topological polar surface area (TPSA) is 62.7 Å². The van der Waals surface area contributed by atoms with E-state index in [4.69, 9.17) is 4.74 Å². The van der Waals surface area contributed by atoms with Gasteiger partial charge in [-0.05, 0) is 51.5 Å². The first-order chi connectivity index (χ1) is 13.1. The van der Waals surface area contributed by atoms with Crippen molar-refractivity contribution in [1.29, 1.82) is 0 Å². The highest BCUT2D eigenvalue weighted by molar-refractivity contribution is 5.81. The molecular formula is C20H25F3N2O3. The quantitative estimate of drug-likeness (QED) is 0.848. The Morgan fingerprint density at radius 3 is 2.39 bits per heavy atom. The minimum absolute atomic E-state index is 0.0437.